The molecule has 98 valence electrons. The van der Waals surface area contributed by atoms with Gasteiger partial charge in [0.1, 0.15) is 5.82 Å². The minimum Gasteiger partial charge on any atom is -0.397 e. The first kappa shape index (κ1) is 13.6. The molecule has 0 atom stereocenters. The molecule has 7 heteroatoms. The lowest BCUT2D eigenvalue weighted by atomic mass is 10.2. The van der Waals surface area contributed by atoms with E-state index >= 15 is 0 Å². The Kier molecular flexibility index (Phi) is 3.92. The van der Waals surface area contributed by atoms with Gasteiger partial charge < -0.3 is 16.8 Å². The molecule has 0 saturated heterocycles. The summed E-state index contributed by atoms with van der Waals surface area (Å²) in [6, 6.07) is 6.85. The quantitative estimate of drug-likeness (QED) is 0.800. The number of nitrogens with one attached hydrogen (secondary N) is 1. The molecule has 0 spiro atoms. The third-order valence-corrected chi connectivity index (χ3v) is 3.20. The molecule has 5 nitrogen and oxygen atoms in total. The van der Waals surface area contributed by atoms with Crippen molar-refractivity contribution in [1.29, 1.82) is 0 Å². The highest BCUT2D eigenvalue weighted by atomic mass is 79.9. The Labute approximate surface area is 123 Å². The van der Waals surface area contributed by atoms with Crippen molar-refractivity contribution in [1.82, 2.24) is 4.98 Å². The van der Waals surface area contributed by atoms with Crippen LogP contribution in [0.1, 0.15) is 10.4 Å². The van der Waals surface area contributed by atoms with Gasteiger partial charge in [0.05, 0.1) is 28.2 Å². The highest BCUT2D eigenvalue weighted by molar-refractivity contribution is 9.10. The van der Waals surface area contributed by atoms with Gasteiger partial charge in [0.25, 0.3) is 5.91 Å². The smallest absolute Gasteiger partial charge is 0.250 e. The average Bonchev–Trinajstić information content (AvgIpc) is 2.34. The van der Waals surface area contributed by atoms with Crippen LogP contribution in [0.3, 0.4) is 0 Å². The molecule has 0 aliphatic carbocycles. The number of nitrogens with zero attached hydrogens (tertiary/aromatic N) is 1. The fourth-order valence-corrected chi connectivity index (χ4v) is 2.20. The zero-order valence-corrected chi connectivity index (χ0v) is 12.0. The third kappa shape index (κ3) is 3.15. The van der Waals surface area contributed by atoms with Gasteiger partial charge in [-0.25, -0.2) is 4.98 Å². The number of carbonyl (C=O) groups is 1. The van der Waals surface area contributed by atoms with E-state index in [2.05, 4.69) is 26.2 Å². The second-order valence-electron chi connectivity index (χ2n) is 3.77. The molecule has 2 rings (SSSR count). The number of benzene rings is 1. The number of nitrogen functional groups attached to an aromatic ring is 1. The maximum Gasteiger partial charge on any atom is 0.250 e. The van der Waals surface area contributed by atoms with Gasteiger partial charge in [-0.2, -0.15) is 0 Å². The fraction of sp³-hybridized carbons (Fsp3) is 0. The molecule has 0 unspecified atom stereocenters. The van der Waals surface area contributed by atoms with E-state index in [1.165, 1.54) is 12.3 Å². The van der Waals surface area contributed by atoms with Crippen LogP contribution in [0.25, 0.3) is 0 Å². The number of anilines is 3. The summed E-state index contributed by atoms with van der Waals surface area (Å²) in [7, 11) is 0. The zero-order valence-electron chi connectivity index (χ0n) is 9.65. The van der Waals surface area contributed by atoms with E-state index in [4.69, 9.17) is 23.1 Å². The van der Waals surface area contributed by atoms with Crippen molar-refractivity contribution < 1.29 is 4.79 Å². The van der Waals surface area contributed by atoms with Crippen molar-refractivity contribution in [2.45, 2.75) is 0 Å². The Hall–Kier alpha value is -1.79. The largest absolute Gasteiger partial charge is 0.397 e. The van der Waals surface area contributed by atoms with E-state index in [0.29, 0.717) is 16.5 Å². The number of nitrogens with two attached hydrogens (primary N) is 2. The van der Waals surface area contributed by atoms with Crippen LogP contribution in [0, 0.1) is 0 Å². The van der Waals surface area contributed by atoms with Gasteiger partial charge in [0.2, 0.25) is 0 Å². The summed E-state index contributed by atoms with van der Waals surface area (Å²) >= 11 is 9.39. The molecule has 0 fully saturated rings. The van der Waals surface area contributed by atoms with Crippen LogP contribution in [0.2, 0.25) is 5.02 Å². The van der Waals surface area contributed by atoms with Crippen molar-refractivity contribution in [3.63, 3.8) is 0 Å². The molecule has 5 N–H and O–H groups in total. The molecule has 1 aromatic heterocycles. The lowest BCUT2D eigenvalue weighted by Gasteiger charge is -2.09. The van der Waals surface area contributed by atoms with Crippen molar-refractivity contribution in [3.05, 3.63) is 45.5 Å². The van der Waals surface area contributed by atoms with Crippen molar-refractivity contribution in [3.8, 4) is 0 Å². The van der Waals surface area contributed by atoms with Gasteiger partial charge in [0.15, 0.2) is 0 Å². The monoisotopic (exact) mass is 340 g/mol. The Morgan fingerprint density at radius 2 is 2.11 bits per heavy atom. The number of primary amides is 1. The number of amides is 1. The second-order valence-corrected chi connectivity index (χ2v) is 5.09. The Morgan fingerprint density at radius 3 is 2.74 bits per heavy atom. The Morgan fingerprint density at radius 1 is 1.37 bits per heavy atom. The van der Waals surface area contributed by atoms with E-state index in [1.807, 2.05) is 6.07 Å². The summed E-state index contributed by atoms with van der Waals surface area (Å²) < 4.78 is 0.867. The molecule has 0 aliphatic rings. The summed E-state index contributed by atoms with van der Waals surface area (Å²) in [5.74, 6) is -0.169. The normalized spacial score (nSPS) is 10.2. The molecule has 0 radical (unpaired) electrons. The Bertz CT molecular complexity index is 648. The molecule has 1 heterocycles. The van der Waals surface area contributed by atoms with E-state index in [9.17, 15) is 4.79 Å². The number of carbonyl (C=O) groups excluding carboxylic acids is 1. The van der Waals surface area contributed by atoms with Gasteiger partial charge in [-0.05, 0) is 24.3 Å². The molecule has 19 heavy (non-hydrogen) atoms. The first-order valence-electron chi connectivity index (χ1n) is 5.25. The van der Waals surface area contributed by atoms with Crippen LogP contribution in [0.5, 0.6) is 0 Å². The van der Waals surface area contributed by atoms with Gasteiger partial charge in [-0.1, -0.05) is 27.5 Å². The van der Waals surface area contributed by atoms with Gasteiger partial charge in [-0.15, -0.1) is 0 Å². The van der Waals surface area contributed by atoms with Crippen molar-refractivity contribution in [2.24, 2.45) is 5.73 Å². The summed E-state index contributed by atoms with van der Waals surface area (Å²) in [6.45, 7) is 0. The van der Waals surface area contributed by atoms with Gasteiger partial charge in [-0.3, -0.25) is 4.79 Å². The zero-order chi connectivity index (χ0) is 14.0. The first-order valence-corrected chi connectivity index (χ1v) is 6.42. The topological polar surface area (TPSA) is 94.0 Å². The van der Waals surface area contributed by atoms with Gasteiger partial charge in [0, 0.05) is 4.47 Å². The van der Waals surface area contributed by atoms with Crippen LogP contribution < -0.4 is 16.8 Å². The lowest BCUT2D eigenvalue weighted by molar-refractivity contribution is 0.100. The summed E-state index contributed by atoms with van der Waals surface area (Å²) in [5, 5.41) is 3.52. The molecule has 0 bridgehead atoms. The molecular weight excluding hydrogens is 332 g/mol. The van der Waals surface area contributed by atoms with Crippen LogP contribution in [-0.2, 0) is 0 Å². The van der Waals surface area contributed by atoms with Gasteiger partial charge >= 0.3 is 0 Å². The maximum atomic E-state index is 11.2. The molecule has 1 aromatic carbocycles. The maximum absolute atomic E-state index is 11.2. The SMILES string of the molecule is NC(=O)c1cc(Nc2ccc(Br)cc2Cl)ncc1N. The van der Waals surface area contributed by atoms with Crippen LogP contribution in [0.4, 0.5) is 17.2 Å². The summed E-state index contributed by atoms with van der Waals surface area (Å²) in [5.41, 5.74) is 11.9. The predicted octanol–water partition coefficient (Wildman–Crippen LogP) is 2.92. The number of hydrogen-bond acceptors (Lipinski definition) is 4. The standard InChI is InChI=1S/C12H10BrClN4O/c13-6-1-2-10(8(14)3-6)18-11-4-7(12(16)19)9(15)5-17-11/h1-5H,15H2,(H2,16,19)(H,17,18). The van der Waals surface area contributed by atoms with E-state index in [0.717, 1.165) is 4.47 Å². The second kappa shape index (κ2) is 5.46. The van der Waals surface area contributed by atoms with E-state index in [-0.39, 0.29) is 11.3 Å². The predicted molar refractivity (Wildman–Crippen MR) is 79.6 cm³/mol. The molecule has 1 amide bonds. The lowest BCUT2D eigenvalue weighted by Crippen LogP contribution is -2.14. The summed E-state index contributed by atoms with van der Waals surface area (Å²) in [4.78, 5) is 15.3. The highest BCUT2D eigenvalue weighted by Crippen LogP contribution is 2.28. The number of hydrogen-bond donors (Lipinski definition) is 3. The number of pyridine rings is 1. The average molecular weight is 342 g/mol. The van der Waals surface area contributed by atoms with Crippen LogP contribution in [-0.4, -0.2) is 10.9 Å². The van der Waals surface area contributed by atoms with E-state index < -0.39 is 5.91 Å². The molecule has 2 aromatic rings. The fourth-order valence-electron chi connectivity index (χ4n) is 1.48. The Balaban J connectivity index is 2.33. The molecule has 0 saturated carbocycles. The number of rotatable bonds is 3. The minimum absolute atomic E-state index is 0.214. The number of aromatic nitrogens is 1. The molecular formula is C12H10BrClN4O. The molecule has 0 aliphatic heterocycles. The van der Waals surface area contributed by atoms with Crippen LogP contribution in [0.15, 0.2) is 34.9 Å². The van der Waals surface area contributed by atoms with Crippen LogP contribution >= 0.6 is 27.5 Å². The van der Waals surface area contributed by atoms with Crippen molar-refractivity contribution >= 4 is 50.6 Å². The highest BCUT2D eigenvalue weighted by Gasteiger charge is 2.09. The number of halogens is 2. The minimum atomic E-state index is -0.607. The first-order chi connectivity index (χ1) is 8.97. The third-order valence-electron chi connectivity index (χ3n) is 2.39. The van der Waals surface area contributed by atoms with E-state index in [1.54, 1.807) is 12.1 Å². The summed E-state index contributed by atoms with van der Waals surface area (Å²) in [6.07, 6.45) is 1.37. The van der Waals surface area contributed by atoms with Crippen molar-refractivity contribution in [2.75, 3.05) is 11.1 Å².